The van der Waals surface area contributed by atoms with Crippen LogP contribution in [0.4, 0.5) is 0 Å². The van der Waals surface area contributed by atoms with Gasteiger partial charge in [-0.15, -0.1) is 0 Å². The lowest BCUT2D eigenvalue weighted by atomic mass is 9.83. The highest BCUT2D eigenvalue weighted by Gasteiger charge is 2.28. The van der Waals surface area contributed by atoms with Gasteiger partial charge in [0.2, 0.25) is 0 Å². The lowest BCUT2D eigenvalue weighted by Gasteiger charge is -2.27. The highest BCUT2D eigenvalue weighted by molar-refractivity contribution is 6.11. The molecule has 15 heavy (non-hydrogen) atoms. The van der Waals surface area contributed by atoms with Gasteiger partial charge < -0.3 is 5.11 Å². The third-order valence-electron chi connectivity index (χ3n) is 2.69. The van der Waals surface area contributed by atoms with E-state index < -0.39 is 0 Å². The summed E-state index contributed by atoms with van der Waals surface area (Å²) in [4.78, 5) is 8.64. The van der Waals surface area contributed by atoms with Crippen LogP contribution in [0.3, 0.4) is 0 Å². The quantitative estimate of drug-likeness (QED) is 0.680. The molecule has 0 radical (unpaired) electrons. The van der Waals surface area contributed by atoms with E-state index in [1.54, 1.807) is 0 Å². The molecule has 0 amide bonds. The first kappa shape index (κ1) is 8.56. The first-order valence-electron chi connectivity index (χ1n) is 4.92. The summed E-state index contributed by atoms with van der Waals surface area (Å²) in [5.74, 6) is 0.670. The minimum Gasteiger partial charge on any atom is -0.388 e. The van der Waals surface area contributed by atoms with E-state index in [2.05, 4.69) is 22.1 Å². The summed E-state index contributed by atoms with van der Waals surface area (Å²) in [6.45, 7) is -0.107. The molecule has 1 N–H and O–H groups in total. The van der Waals surface area contributed by atoms with Crippen LogP contribution >= 0.6 is 0 Å². The highest BCUT2D eigenvalue weighted by atomic mass is 16.3. The minimum atomic E-state index is -0.107. The van der Waals surface area contributed by atoms with Gasteiger partial charge >= 0.3 is 0 Å². The molecule has 3 aliphatic rings. The Kier molecular flexibility index (Phi) is 1.79. The van der Waals surface area contributed by atoms with Crippen molar-refractivity contribution in [1.82, 2.24) is 0 Å². The first-order valence-corrected chi connectivity index (χ1v) is 4.92. The number of nitrogens with zero attached hydrogens (tertiary/aromatic N) is 2. The Hall–Kier alpha value is -1.74. The standard InChI is InChI=1S/C12H10N2O/c15-7-11-13-9-5-1-3-8-4-2-6-10(14-11)12(8)9/h1-6,12,15H,7H2. The van der Waals surface area contributed by atoms with Gasteiger partial charge in [0, 0.05) is 0 Å². The number of rotatable bonds is 1. The van der Waals surface area contributed by atoms with E-state index >= 15 is 0 Å². The Morgan fingerprint density at radius 1 is 1.13 bits per heavy atom. The number of hydrogen-bond acceptors (Lipinski definition) is 3. The van der Waals surface area contributed by atoms with Gasteiger partial charge in [-0.05, 0) is 17.7 Å². The maximum absolute atomic E-state index is 9.06. The summed E-state index contributed by atoms with van der Waals surface area (Å²) in [6.07, 6.45) is 12.1. The van der Waals surface area contributed by atoms with E-state index in [1.807, 2.05) is 24.3 Å². The van der Waals surface area contributed by atoms with Crippen molar-refractivity contribution in [3.8, 4) is 0 Å². The van der Waals surface area contributed by atoms with Crippen molar-refractivity contribution in [2.24, 2.45) is 15.9 Å². The fourth-order valence-electron chi connectivity index (χ4n) is 2.05. The zero-order valence-electron chi connectivity index (χ0n) is 8.09. The van der Waals surface area contributed by atoms with Crippen LogP contribution in [0.15, 0.2) is 57.7 Å². The van der Waals surface area contributed by atoms with E-state index in [1.165, 1.54) is 5.57 Å². The molecule has 1 heterocycles. The summed E-state index contributed by atoms with van der Waals surface area (Å²) in [5.41, 5.74) is 3.17. The number of aliphatic hydroxyl groups excluding tert-OH is 1. The van der Waals surface area contributed by atoms with Crippen LogP contribution in [-0.2, 0) is 0 Å². The molecule has 0 saturated heterocycles. The van der Waals surface area contributed by atoms with Crippen LogP contribution in [0.1, 0.15) is 0 Å². The molecule has 1 aliphatic heterocycles. The fraction of sp³-hybridized carbons (Fsp3) is 0.167. The van der Waals surface area contributed by atoms with E-state index in [9.17, 15) is 0 Å². The molecule has 0 saturated carbocycles. The van der Waals surface area contributed by atoms with Gasteiger partial charge in [0.1, 0.15) is 6.61 Å². The second-order valence-electron chi connectivity index (χ2n) is 3.63. The zero-order valence-corrected chi connectivity index (χ0v) is 8.09. The molecule has 2 aliphatic carbocycles. The first-order chi connectivity index (χ1) is 7.38. The topological polar surface area (TPSA) is 45.0 Å². The predicted molar refractivity (Wildman–Crippen MR) is 59.9 cm³/mol. The van der Waals surface area contributed by atoms with Crippen molar-refractivity contribution in [1.29, 1.82) is 0 Å². The maximum Gasteiger partial charge on any atom is 0.154 e. The van der Waals surface area contributed by atoms with Crippen LogP contribution in [-0.4, -0.2) is 23.3 Å². The fourth-order valence-corrected chi connectivity index (χ4v) is 2.05. The highest BCUT2D eigenvalue weighted by Crippen LogP contribution is 2.33. The summed E-state index contributed by atoms with van der Waals surface area (Å²) in [6, 6.07) is 0. The van der Waals surface area contributed by atoms with Crippen molar-refractivity contribution in [2.45, 2.75) is 0 Å². The normalized spacial score (nSPS) is 26.3. The molecule has 0 bridgehead atoms. The summed E-state index contributed by atoms with van der Waals surface area (Å²) >= 11 is 0. The Morgan fingerprint density at radius 2 is 2.00 bits per heavy atom. The lowest BCUT2D eigenvalue weighted by molar-refractivity contribution is 0.356. The zero-order chi connectivity index (χ0) is 10.3. The van der Waals surface area contributed by atoms with Gasteiger partial charge in [0.05, 0.1) is 17.3 Å². The number of allylic oxidation sites excluding steroid dienone is 7. The Balaban J connectivity index is 2.16. The molecule has 0 aromatic carbocycles. The van der Waals surface area contributed by atoms with Crippen LogP contribution < -0.4 is 0 Å². The van der Waals surface area contributed by atoms with Gasteiger partial charge in [-0.1, -0.05) is 24.3 Å². The van der Waals surface area contributed by atoms with Crippen LogP contribution in [0, 0.1) is 5.92 Å². The summed E-state index contributed by atoms with van der Waals surface area (Å²) in [7, 11) is 0. The Labute approximate surface area is 87.6 Å². The van der Waals surface area contributed by atoms with E-state index in [-0.39, 0.29) is 12.5 Å². The Bertz CT molecular complexity index is 488. The average Bonchev–Trinajstić information content (AvgIpc) is 2.29. The van der Waals surface area contributed by atoms with E-state index in [0.717, 1.165) is 11.4 Å². The monoisotopic (exact) mass is 198 g/mol. The second kappa shape index (κ2) is 3.14. The van der Waals surface area contributed by atoms with Crippen molar-refractivity contribution in [2.75, 3.05) is 6.61 Å². The minimum absolute atomic E-state index is 0.107. The molecular weight excluding hydrogens is 188 g/mol. The van der Waals surface area contributed by atoms with Gasteiger partial charge in [0.25, 0.3) is 0 Å². The molecule has 74 valence electrons. The number of aliphatic imine (C=N–C) groups is 2. The van der Waals surface area contributed by atoms with Gasteiger partial charge in [-0.3, -0.25) is 0 Å². The molecule has 1 unspecified atom stereocenters. The summed E-state index contributed by atoms with van der Waals surface area (Å²) < 4.78 is 0. The maximum atomic E-state index is 9.06. The number of aliphatic hydroxyl groups is 1. The van der Waals surface area contributed by atoms with E-state index in [0.29, 0.717) is 5.84 Å². The van der Waals surface area contributed by atoms with Crippen molar-refractivity contribution in [3.63, 3.8) is 0 Å². The second-order valence-corrected chi connectivity index (χ2v) is 3.63. The largest absolute Gasteiger partial charge is 0.388 e. The molecule has 0 aromatic rings. The average molecular weight is 198 g/mol. The van der Waals surface area contributed by atoms with Gasteiger partial charge in [0.15, 0.2) is 5.84 Å². The third kappa shape index (κ3) is 1.24. The predicted octanol–water partition coefficient (Wildman–Crippen LogP) is 1.40. The van der Waals surface area contributed by atoms with Crippen molar-refractivity contribution >= 4 is 11.5 Å². The van der Waals surface area contributed by atoms with E-state index in [4.69, 9.17) is 5.11 Å². The smallest absolute Gasteiger partial charge is 0.154 e. The Morgan fingerprint density at radius 3 is 2.87 bits per heavy atom. The van der Waals surface area contributed by atoms with Gasteiger partial charge in [-0.2, -0.15) is 0 Å². The molecule has 0 spiro atoms. The molecule has 0 aromatic heterocycles. The summed E-state index contributed by atoms with van der Waals surface area (Å²) in [5, 5.41) is 9.06. The van der Waals surface area contributed by atoms with Gasteiger partial charge in [-0.25, -0.2) is 9.98 Å². The molecule has 3 heteroatoms. The van der Waals surface area contributed by atoms with Crippen LogP contribution in [0.2, 0.25) is 0 Å². The van der Waals surface area contributed by atoms with Crippen molar-refractivity contribution < 1.29 is 5.11 Å². The van der Waals surface area contributed by atoms with Crippen LogP contribution in [0.25, 0.3) is 0 Å². The molecule has 3 rings (SSSR count). The molecule has 3 nitrogen and oxygen atoms in total. The number of amidine groups is 1. The van der Waals surface area contributed by atoms with Crippen LogP contribution in [0.5, 0.6) is 0 Å². The lowest BCUT2D eigenvalue weighted by Crippen LogP contribution is -2.26. The molecule has 1 atom stereocenters. The molecular formula is C12H10N2O. The third-order valence-corrected chi connectivity index (χ3v) is 2.69. The molecule has 0 fully saturated rings. The number of hydrogen-bond donors (Lipinski definition) is 1. The van der Waals surface area contributed by atoms with Crippen molar-refractivity contribution in [3.05, 3.63) is 47.7 Å². The SMILES string of the molecule is OCC1=NC2=CC=CC3=CC=CC(=N1)C32.